The topological polar surface area (TPSA) is 32.3 Å². The van der Waals surface area contributed by atoms with Gasteiger partial charge in [-0.15, -0.1) is 11.3 Å². The van der Waals surface area contributed by atoms with E-state index in [2.05, 4.69) is 29.3 Å². The fourth-order valence-corrected chi connectivity index (χ4v) is 4.55. The summed E-state index contributed by atoms with van der Waals surface area (Å²) in [6, 6.07) is 8.21. The lowest BCUT2D eigenvalue weighted by Gasteiger charge is -2.23. The second-order valence-electron chi connectivity index (χ2n) is 5.75. The van der Waals surface area contributed by atoms with Crippen LogP contribution in [0.5, 0.6) is 0 Å². The highest BCUT2D eigenvalue weighted by Crippen LogP contribution is 2.36. The number of rotatable bonds is 5. The van der Waals surface area contributed by atoms with Crippen molar-refractivity contribution in [3.05, 3.63) is 34.2 Å². The quantitative estimate of drug-likeness (QED) is 0.893. The minimum absolute atomic E-state index is 0.00664. The number of nitrogens with one attached hydrogen (secondary N) is 1. The van der Waals surface area contributed by atoms with Crippen LogP contribution in [0.15, 0.2) is 24.3 Å². The standard InChI is InChI=1S/C17H21ClN2OS/c1-2-9-19-17(21)13-7-5-10-20(13)11-15-16(18)12-6-3-4-8-14(12)22-15/h3-4,6,8,13H,2,5,7,9-11H2,1H3,(H,19,21)/t13-/m0/s1. The van der Waals surface area contributed by atoms with E-state index in [0.717, 1.165) is 54.2 Å². The molecule has 1 saturated heterocycles. The number of hydrogen-bond acceptors (Lipinski definition) is 3. The number of benzene rings is 1. The highest BCUT2D eigenvalue weighted by Gasteiger charge is 2.31. The summed E-state index contributed by atoms with van der Waals surface area (Å²) in [5.41, 5.74) is 0. The zero-order valence-corrected chi connectivity index (χ0v) is 14.3. The Kier molecular flexibility index (Phi) is 5.01. The molecule has 5 heteroatoms. The Morgan fingerprint density at radius 2 is 2.27 bits per heavy atom. The van der Waals surface area contributed by atoms with Crippen molar-refractivity contribution in [2.75, 3.05) is 13.1 Å². The molecule has 0 bridgehead atoms. The number of likely N-dealkylation sites (tertiary alicyclic amines) is 1. The van der Waals surface area contributed by atoms with Crippen LogP contribution in [0, 0.1) is 0 Å². The number of carbonyl (C=O) groups is 1. The average molecular weight is 337 g/mol. The van der Waals surface area contributed by atoms with Gasteiger partial charge in [0.1, 0.15) is 0 Å². The van der Waals surface area contributed by atoms with Crippen molar-refractivity contribution in [1.82, 2.24) is 10.2 Å². The van der Waals surface area contributed by atoms with Crippen molar-refractivity contribution in [3.63, 3.8) is 0 Å². The molecular weight excluding hydrogens is 316 g/mol. The summed E-state index contributed by atoms with van der Waals surface area (Å²) in [6.07, 6.45) is 2.99. The van der Waals surface area contributed by atoms with Gasteiger partial charge in [-0.2, -0.15) is 0 Å². The van der Waals surface area contributed by atoms with E-state index in [1.165, 1.54) is 4.70 Å². The number of halogens is 1. The largest absolute Gasteiger partial charge is 0.355 e. The molecule has 1 aliphatic heterocycles. The Morgan fingerprint density at radius 3 is 3.05 bits per heavy atom. The lowest BCUT2D eigenvalue weighted by molar-refractivity contribution is -0.125. The van der Waals surface area contributed by atoms with Crippen molar-refractivity contribution in [2.24, 2.45) is 0 Å². The van der Waals surface area contributed by atoms with Gasteiger partial charge in [-0.25, -0.2) is 0 Å². The van der Waals surface area contributed by atoms with Gasteiger partial charge >= 0.3 is 0 Å². The van der Waals surface area contributed by atoms with E-state index in [-0.39, 0.29) is 11.9 Å². The van der Waals surface area contributed by atoms with Gasteiger partial charge in [-0.1, -0.05) is 36.7 Å². The van der Waals surface area contributed by atoms with Gasteiger partial charge in [0.15, 0.2) is 0 Å². The van der Waals surface area contributed by atoms with Gasteiger partial charge in [0.2, 0.25) is 5.91 Å². The Morgan fingerprint density at radius 1 is 1.45 bits per heavy atom. The van der Waals surface area contributed by atoms with Gasteiger partial charge in [0.05, 0.1) is 11.1 Å². The summed E-state index contributed by atoms with van der Waals surface area (Å²) >= 11 is 8.27. The normalized spacial score (nSPS) is 18.9. The molecule has 1 fully saturated rings. The highest BCUT2D eigenvalue weighted by molar-refractivity contribution is 7.19. The van der Waals surface area contributed by atoms with Crippen molar-refractivity contribution in [1.29, 1.82) is 0 Å². The Labute approximate surface area is 140 Å². The minimum Gasteiger partial charge on any atom is -0.355 e. The predicted molar refractivity (Wildman–Crippen MR) is 93.6 cm³/mol. The smallest absolute Gasteiger partial charge is 0.237 e. The van der Waals surface area contributed by atoms with Crippen molar-refractivity contribution in [2.45, 2.75) is 38.8 Å². The number of carbonyl (C=O) groups excluding carboxylic acids is 1. The van der Waals surface area contributed by atoms with Crippen LogP contribution in [0.4, 0.5) is 0 Å². The van der Waals surface area contributed by atoms with Crippen LogP contribution in [0.3, 0.4) is 0 Å². The van der Waals surface area contributed by atoms with Crippen molar-refractivity contribution in [3.8, 4) is 0 Å². The van der Waals surface area contributed by atoms with Crippen LogP contribution in [0.25, 0.3) is 10.1 Å². The first-order valence-electron chi connectivity index (χ1n) is 7.88. The highest BCUT2D eigenvalue weighted by atomic mass is 35.5. The van der Waals surface area contributed by atoms with Crippen molar-refractivity contribution >= 4 is 38.9 Å². The van der Waals surface area contributed by atoms with E-state index in [1.54, 1.807) is 11.3 Å². The molecule has 0 saturated carbocycles. The van der Waals surface area contributed by atoms with Crippen molar-refractivity contribution < 1.29 is 4.79 Å². The molecule has 22 heavy (non-hydrogen) atoms. The molecule has 0 radical (unpaired) electrons. The first-order chi connectivity index (χ1) is 10.7. The predicted octanol–water partition coefficient (Wildman–Crippen LogP) is 4.05. The molecule has 1 amide bonds. The molecule has 1 aliphatic rings. The van der Waals surface area contributed by atoms with Gasteiger partial charge in [-0.3, -0.25) is 9.69 Å². The van der Waals surface area contributed by atoms with Gasteiger partial charge in [0.25, 0.3) is 0 Å². The van der Waals surface area contributed by atoms with Crippen LogP contribution >= 0.6 is 22.9 Å². The average Bonchev–Trinajstić information content (AvgIpc) is 3.11. The Bertz CT molecular complexity index is 670. The molecule has 0 spiro atoms. The molecule has 3 nitrogen and oxygen atoms in total. The molecule has 2 aromatic rings. The summed E-state index contributed by atoms with van der Waals surface area (Å²) in [6.45, 7) is 4.56. The maximum absolute atomic E-state index is 12.3. The van der Waals surface area contributed by atoms with Gasteiger partial charge < -0.3 is 5.32 Å². The van der Waals surface area contributed by atoms with Gasteiger partial charge in [-0.05, 0) is 31.9 Å². The number of nitrogens with zero attached hydrogens (tertiary/aromatic N) is 1. The molecular formula is C17H21ClN2OS. The summed E-state index contributed by atoms with van der Waals surface area (Å²) in [7, 11) is 0. The third-order valence-electron chi connectivity index (χ3n) is 4.16. The summed E-state index contributed by atoms with van der Waals surface area (Å²) < 4.78 is 1.22. The summed E-state index contributed by atoms with van der Waals surface area (Å²) in [5, 5.41) is 4.99. The second kappa shape index (κ2) is 6.99. The molecule has 1 aromatic heterocycles. The number of thiophene rings is 1. The lowest BCUT2D eigenvalue weighted by Crippen LogP contribution is -2.43. The lowest BCUT2D eigenvalue weighted by atomic mass is 10.2. The molecule has 1 aromatic carbocycles. The summed E-state index contributed by atoms with van der Waals surface area (Å²) in [4.78, 5) is 15.7. The molecule has 0 unspecified atom stereocenters. The van der Waals surface area contributed by atoms with E-state index in [4.69, 9.17) is 11.6 Å². The third kappa shape index (κ3) is 3.14. The van der Waals surface area contributed by atoms with E-state index < -0.39 is 0 Å². The maximum atomic E-state index is 12.3. The first-order valence-corrected chi connectivity index (χ1v) is 9.07. The second-order valence-corrected chi connectivity index (χ2v) is 7.27. The molecule has 2 heterocycles. The minimum atomic E-state index is -0.00664. The molecule has 3 rings (SSSR count). The molecule has 1 atom stereocenters. The number of hydrogen-bond donors (Lipinski definition) is 1. The fraction of sp³-hybridized carbons (Fsp3) is 0.471. The fourth-order valence-electron chi connectivity index (χ4n) is 3.03. The van der Waals surface area contributed by atoms with Crippen LogP contribution in [-0.4, -0.2) is 29.9 Å². The molecule has 118 valence electrons. The molecule has 1 N–H and O–H groups in total. The SMILES string of the molecule is CCCNC(=O)[C@@H]1CCCN1Cc1sc2ccccc2c1Cl. The van der Waals surface area contributed by atoms with E-state index in [9.17, 15) is 4.79 Å². The number of amides is 1. The maximum Gasteiger partial charge on any atom is 0.237 e. The molecule has 0 aliphatic carbocycles. The first kappa shape index (κ1) is 15.8. The summed E-state index contributed by atoms with van der Waals surface area (Å²) in [5.74, 6) is 0.164. The van der Waals surface area contributed by atoms with Crippen LogP contribution in [-0.2, 0) is 11.3 Å². The zero-order chi connectivity index (χ0) is 15.5. The van der Waals surface area contributed by atoms with Crippen LogP contribution in [0.1, 0.15) is 31.1 Å². The Balaban J connectivity index is 1.75. The van der Waals surface area contributed by atoms with Crippen LogP contribution < -0.4 is 5.32 Å². The number of fused-ring (bicyclic) bond motifs is 1. The van der Waals surface area contributed by atoms with Crippen LogP contribution in [0.2, 0.25) is 5.02 Å². The van der Waals surface area contributed by atoms with E-state index >= 15 is 0 Å². The van der Waals surface area contributed by atoms with Gasteiger partial charge in [0, 0.05) is 28.1 Å². The van der Waals surface area contributed by atoms with E-state index in [1.807, 2.05) is 12.1 Å². The Hall–Kier alpha value is -1.10. The zero-order valence-electron chi connectivity index (χ0n) is 12.8. The van der Waals surface area contributed by atoms with E-state index in [0.29, 0.717) is 0 Å². The monoisotopic (exact) mass is 336 g/mol. The third-order valence-corrected chi connectivity index (χ3v) is 5.86.